The second kappa shape index (κ2) is 4.00. The average Bonchev–Trinajstić information content (AvgIpc) is 3.08. The number of benzene rings is 1. The summed E-state index contributed by atoms with van der Waals surface area (Å²) in [6, 6.07) is 3.02. The van der Waals surface area contributed by atoms with Crippen LogP contribution >= 0.6 is 0 Å². The maximum Gasteiger partial charge on any atom is 0.323 e. The van der Waals surface area contributed by atoms with Crippen LogP contribution in [-0.4, -0.2) is 24.2 Å². The molecule has 0 bridgehead atoms. The van der Waals surface area contributed by atoms with Gasteiger partial charge < -0.3 is 15.6 Å². The minimum absolute atomic E-state index is 0.145. The summed E-state index contributed by atoms with van der Waals surface area (Å²) in [5.41, 5.74) is 5.50. The van der Waals surface area contributed by atoms with Gasteiger partial charge in [0, 0.05) is 11.5 Å². The minimum Gasteiger partial charge on any atom is -0.508 e. The van der Waals surface area contributed by atoms with Crippen molar-refractivity contribution in [2.45, 2.75) is 24.3 Å². The monoisotopic (exact) mass is 239 g/mol. The summed E-state index contributed by atoms with van der Waals surface area (Å²) in [4.78, 5) is 11.4. The molecular weight excluding hydrogens is 225 g/mol. The summed E-state index contributed by atoms with van der Waals surface area (Å²) < 4.78 is 18.3. The normalized spacial score (nSPS) is 18.5. The van der Waals surface area contributed by atoms with E-state index in [2.05, 4.69) is 4.74 Å². The van der Waals surface area contributed by atoms with Crippen molar-refractivity contribution in [2.24, 2.45) is 5.73 Å². The van der Waals surface area contributed by atoms with E-state index in [-0.39, 0.29) is 5.75 Å². The van der Waals surface area contributed by atoms with Crippen molar-refractivity contribution in [1.82, 2.24) is 0 Å². The fraction of sp³-hybridized carbons (Fsp3) is 0.417. The Morgan fingerprint density at radius 1 is 1.59 bits per heavy atom. The molecule has 1 aliphatic carbocycles. The third kappa shape index (κ3) is 1.86. The predicted octanol–water partition coefficient (Wildman–Crippen LogP) is 1.06. The molecule has 5 heteroatoms. The molecule has 0 aromatic heterocycles. The Morgan fingerprint density at radius 2 is 2.24 bits per heavy atom. The highest BCUT2D eigenvalue weighted by molar-refractivity contribution is 5.79. The molecule has 1 saturated carbocycles. The van der Waals surface area contributed by atoms with Crippen LogP contribution in [0.2, 0.25) is 0 Å². The quantitative estimate of drug-likeness (QED) is 0.774. The van der Waals surface area contributed by atoms with Gasteiger partial charge in [-0.25, -0.2) is 4.39 Å². The average molecular weight is 239 g/mol. The number of nitrogens with two attached hydrogens (primary N) is 1. The Labute approximate surface area is 98.2 Å². The molecule has 0 amide bonds. The van der Waals surface area contributed by atoms with Crippen LogP contribution in [0.15, 0.2) is 18.2 Å². The van der Waals surface area contributed by atoms with Crippen LogP contribution in [0.4, 0.5) is 4.39 Å². The number of halogens is 1. The predicted molar refractivity (Wildman–Crippen MR) is 59.0 cm³/mol. The fourth-order valence-electron chi connectivity index (χ4n) is 2.14. The largest absolute Gasteiger partial charge is 0.508 e. The highest BCUT2D eigenvalue weighted by atomic mass is 19.1. The van der Waals surface area contributed by atoms with Crippen molar-refractivity contribution in [1.29, 1.82) is 0 Å². The number of rotatable bonds is 3. The van der Waals surface area contributed by atoms with Gasteiger partial charge in [-0.3, -0.25) is 4.79 Å². The molecular formula is C12H14FNO3. The lowest BCUT2D eigenvalue weighted by Crippen LogP contribution is -2.43. The van der Waals surface area contributed by atoms with E-state index < -0.39 is 23.2 Å². The van der Waals surface area contributed by atoms with E-state index in [9.17, 15) is 9.18 Å². The first-order chi connectivity index (χ1) is 8.01. The standard InChI is InChI=1S/C12H14FNO3/c1-17-11(16)10(14)12(4-5-12)8-3-2-7(15)6-9(8)13/h2-3,6,10,15H,4-5,14H2,1H3. The Morgan fingerprint density at radius 3 is 2.71 bits per heavy atom. The summed E-state index contributed by atoms with van der Waals surface area (Å²) in [7, 11) is 1.26. The lowest BCUT2D eigenvalue weighted by Gasteiger charge is -2.22. The van der Waals surface area contributed by atoms with Gasteiger partial charge in [0.25, 0.3) is 0 Å². The van der Waals surface area contributed by atoms with Crippen LogP contribution < -0.4 is 5.73 Å². The van der Waals surface area contributed by atoms with Gasteiger partial charge in [0.15, 0.2) is 0 Å². The van der Waals surface area contributed by atoms with Gasteiger partial charge in [0.1, 0.15) is 17.6 Å². The lowest BCUT2D eigenvalue weighted by atomic mass is 9.88. The number of carbonyl (C=O) groups is 1. The zero-order chi connectivity index (χ0) is 12.6. The van der Waals surface area contributed by atoms with Crippen LogP contribution in [0.25, 0.3) is 0 Å². The van der Waals surface area contributed by atoms with Crippen LogP contribution in [0, 0.1) is 5.82 Å². The molecule has 0 aliphatic heterocycles. The second-order valence-corrected chi connectivity index (χ2v) is 4.32. The molecule has 4 nitrogen and oxygen atoms in total. The Balaban J connectivity index is 2.36. The Bertz CT molecular complexity index is 457. The number of methoxy groups -OCH3 is 1. The molecule has 1 aromatic carbocycles. The van der Waals surface area contributed by atoms with Gasteiger partial charge in [-0.2, -0.15) is 0 Å². The second-order valence-electron chi connectivity index (χ2n) is 4.32. The molecule has 17 heavy (non-hydrogen) atoms. The molecule has 1 unspecified atom stereocenters. The number of ether oxygens (including phenoxy) is 1. The zero-order valence-corrected chi connectivity index (χ0v) is 9.44. The molecule has 3 N–H and O–H groups in total. The van der Waals surface area contributed by atoms with E-state index in [4.69, 9.17) is 10.8 Å². The summed E-state index contributed by atoms with van der Waals surface area (Å²) in [5.74, 6) is -1.23. The summed E-state index contributed by atoms with van der Waals surface area (Å²) >= 11 is 0. The van der Waals surface area contributed by atoms with Gasteiger partial charge in [-0.15, -0.1) is 0 Å². The first-order valence-electron chi connectivity index (χ1n) is 5.33. The van der Waals surface area contributed by atoms with Crippen molar-refractivity contribution in [3.63, 3.8) is 0 Å². The summed E-state index contributed by atoms with van der Waals surface area (Å²) in [6.45, 7) is 0. The maximum atomic E-state index is 13.7. The molecule has 0 saturated heterocycles. The Kier molecular flexibility index (Phi) is 2.79. The van der Waals surface area contributed by atoms with E-state index in [0.717, 1.165) is 6.07 Å². The molecule has 1 fully saturated rings. The SMILES string of the molecule is COC(=O)C(N)C1(c2ccc(O)cc2F)CC1. The van der Waals surface area contributed by atoms with E-state index in [1.807, 2.05) is 0 Å². The van der Waals surface area contributed by atoms with Crippen molar-refractivity contribution in [2.75, 3.05) is 7.11 Å². The van der Waals surface area contributed by atoms with Crippen molar-refractivity contribution >= 4 is 5.97 Å². The molecule has 1 aromatic rings. The number of aromatic hydroxyl groups is 1. The molecule has 1 atom stereocenters. The molecule has 92 valence electrons. The summed E-state index contributed by atoms with van der Waals surface area (Å²) in [6.07, 6.45) is 1.29. The molecule has 2 rings (SSSR count). The fourth-order valence-corrected chi connectivity index (χ4v) is 2.14. The van der Waals surface area contributed by atoms with Gasteiger partial charge in [0.2, 0.25) is 0 Å². The molecule has 0 radical (unpaired) electrons. The Hall–Kier alpha value is -1.62. The molecule has 1 aliphatic rings. The van der Waals surface area contributed by atoms with Crippen molar-refractivity contribution < 1.29 is 19.0 Å². The van der Waals surface area contributed by atoms with E-state index >= 15 is 0 Å². The van der Waals surface area contributed by atoms with Crippen molar-refractivity contribution in [3.8, 4) is 5.75 Å². The number of phenols is 1. The van der Waals surface area contributed by atoms with Gasteiger partial charge in [-0.1, -0.05) is 6.07 Å². The first-order valence-corrected chi connectivity index (χ1v) is 5.33. The lowest BCUT2D eigenvalue weighted by molar-refractivity contribution is -0.143. The van der Waals surface area contributed by atoms with Crippen molar-refractivity contribution in [3.05, 3.63) is 29.6 Å². The first kappa shape index (κ1) is 11.9. The van der Waals surface area contributed by atoms with Gasteiger partial charge in [0.05, 0.1) is 7.11 Å². The minimum atomic E-state index is -0.869. The highest BCUT2D eigenvalue weighted by Crippen LogP contribution is 2.51. The number of phenolic OH excluding ortho intramolecular Hbond substituents is 1. The number of hydrogen-bond acceptors (Lipinski definition) is 4. The van der Waals surface area contributed by atoms with E-state index in [1.165, 1.54) is 19.2 Å². The molecule has 0 heterocycles. The van der Waals surface area contributed by atoms with Crippen LogP contribution in [0.5, 0.6) is 5.75 Å². The molecule has 0 spiro atoms. The van der Waals surface area contributed by atoms with E-state index in [0.29, 0.717) is 18.4 Å². The topological polar surface area (TPSA) is 72.5 Å². The zero-order valence-electron chi connectivity index (χ0n) is 9.44. The van der Waals surface area contributed by atoms with Gasteiger partial charge in [-0.05, 0) is 24.5 Å². The van der Waals surface area contributed by atoms with Crippen LogP contribution in [0.1, 0.15) is 18.4 Å². The third-order valence-electron chi connectivity index (χ3n) is 3.33. The third-order valence-corrected chi connectivity index (χ3v) is 3.33. The van der Waals surface area contributed by atoms with E-state index in [1.54, 1.807) is 0 Å². The van der Waals surface area contributed by atoms with Gasteiger partial charge >= 0.3 is 5.97 Å². The van der Waals surface area contributed by atoms with Crippen LogP contribution in [-0.2, 0) is 14.9 Å². The number of carbonyl (C=O) groups excluding carboxylic acids is 1. The summed E-state index contributed by atoms with van der Waals surface area (Å²) in [5, 5.41) is 9.15. The number of hydrogen-bond donors (Lipinski definition) is 2. The maximum absolute atomic E-state index is 13.7. The number of esters is 1. The smallest absolute Gasteiger partial charge is 0.323 e. The highest BCUT2D eigenvalue weighted by Gasteiger charge is 2.54. The van der Waals surface area contributed by atoms with Crippen LogP contribution in [0.3, 0.4) is 0 Å².